The number of nitrogens with two attached hydrogens (primary N) is 1. The number of carbonyl (C=O) groups is 3. The Morgan fingerprint density at radius 3 is 1.68 bits per heavy atom. The van der Waals surface area contributed by atoms with Crippen molar-refractivity contribution >= 4 is 17.8 Å². The summed E-state index contributed by atoms with van der Waals surface area (Å²) in [6, 6.07) is -0.681. The first-order valence-corrected chi connectivity index (χ1v) is 13.9. The number of carbonyl (C=O) groups excluding carboxylic acids is 2. The Labute approximate surface area is 208 Å². The Morgan fingerprint density at radius 1 is 0.765 bits per heavy atom. The summed E-state index contributed by atoms with van der Waals surface area (Å²) >= 11 is 0. The molecule has 34 heavy (non-hydrogen) atoms. The van der Waals surface area contributed by atoms with Crippen LogP contribution >= 0.6 is 0 Å². The summed E-state index contributed by atoms with van der Waals surface area (Å²) in [5.41, 5.74) is 5.53. The van der Waals surface area contributed by atoms with E-state index in [1.165, 1.54) is 84.1 Å². The molecule has 7 heteroatoms. The van der Waals surface area contributed by atoms with Gasteiger partial charge >= 0.3 is 5.97 Å². The zero-order chi connectivity index (χ0) is 25.4. The lowest BCUT2D eigenvalue weighted by Gasteiger charge is -2.23. The lowest BCUT2D eigenvalue weighted by molar-refractivity contribution is -0.144. The lowest BCUT2D eigenvalue weighted by Crippen LogP contribution is -2.48. The van der Waals surface area contributed by atoms with Gasteiger partial charge in [-0.3, -0.25) is 14.4 Å². The zero-order valence-electron chi connectivity index (χ0n) is 22.1. The van der Waals surface area contributed by atoms with Gasteiger partial charge in [0.1, 0.15) is 12.6 Å². The van der Waals surface area contributed by atoms with Gasteiger partial charge in [0.2, 0.25) is 11.8 Å². The molecule has 0 aromatic carbocycles. The molecule has 4 N–H and O–H groups in total. The van der Waals surface area contributed by atoms with E-state index >= 15 is 0 Å². The molecule has 0 aliphatic carbocycles. The van der Waals surface area contributed by atoms with Gasteiger partial charge in [-0.1, -0.05) is 96.8 Å². The minimum Gasteiger partial charge on any atom is -0.480 e. The SMILES string of the molecule is CCCCCCCCCCCCCCCCCC(=O)N[C@H](CCCCN)C(=O)N(C)CC(=O)O. The van der Waals surface area contributed by atoms with Crippen LogP contribution in [0.25, 0.3) is 0 Å². The number of unbranched alkanes of at least 4 members (excludes halogenated alkanes) is 15. The summed E-state index contributed by atoms with van der Waals surface area (Å²) in [6.45, 7) is 2.41. The van der Waals surface area contributed by atoms with Crippen LogP contribution in [-0.2, 0) is 14.4 Å². The van der Waals surface area contributed by atoms with Crippen LogP contribution in [0.15, 0.2) is 0 Å². The fourth-order valence-corrected chi connectivity index (χ4v) is 4.22. The average molecular weight is 484 g/mol. The van der Waals surface area contributed by atoms with Crippen LogP contribution in [0, 0.1) is 0 Å². The Morgan fingerprint density at radius 2 is 1.24 bits per heavy atom. The summed E-state index contributed by atoms with van der Waals surface area (Å²) < 4.78 is 0. The van der Waals surface area contributed by atoms with Crippen LogP contribution in [0.3, 0.4) is 0 Å². The van der Waals surface area contributed by atoms with E-state index in [0.717, 1.165) is 30.6 Å². The van der Waals surface area contributed by atoms with E-state index < -0.39 is 12.0 Å². The van der Waals surface area contributed by atoms with Crippen molar-refractivity contribution in [2.75, 3.05) is 20.1 Å². The third-order valence-corrected chi connectivity index (χ3v) is 6.34. The van der Waals surface area contributed by atoms with Gasteiger partial charge in [0.05, 0.1) is 0 Å². The molecular weight excluding hydrogens is 430 g/mol. The maximum atomic E-state index is 12.5. The molecule has 0 spiro atoms. The molecule has 0 unspecified atom stereocenters. The number of hydrogen-bond donors (Lipinski definition) is 3. The van der Waals surface area contributed by atoms with Crippen molar-refractivity contribution in [3.05, 3.63) is 0 Å². The van der Waals surface area contributed by atoms with Gasteiger partial charge in [-0.2, -0.15) is 0 Å². The van der Waals surface area contributed by atoms with Crippen molar-refractivity contribution in [1.82, 2.24) is 10.2 Å². The molecule has 0 heterocycles. The second-order valence-corrected chi connectivity index (χ2v) is 9.69. The smallest absolute Gasteiger partial charge is 0.323 e. The van der Waals surface area contributed by atoms with Crippen LogP contribution in [0.1, 0.15) is 129 Å². The monoisotopic (exact) mass is 483 g/mol. The van der Waals surface area contributed by atoms with E-state index in [1.807, 2.05) is 0 Å². The van der Waals surface area contributed by atoms with Crippen molar-refractivity contribution in [3.63, 3.8) is 0 Å². The van der Waals surface area contributed by atoms with Gasteiger partial charge in [-0.15, -0.1) is 0 Å². The third-order valence-electron chi connectivity index (χ3n) is 6.34. The molecule has 7 nitrogen and oxygen atoms in total. The van der Waals surface area contributed by atoms with Crippen molar-refractivity contribution < 1.29 is 19.5 Å². The molecule has 200 valence electrons. The molecule has 0 aliphatic heterocycles. The number of aliphatic carboxylic acids is 1. The Kier molecular flexibility index (Phi) is 22.0. The highest BCUT2D eigenvalue weighted by Crippen LogP contribution is 2.14. The molecule has 1 atom stereocenters. The van der Waals surface area contributed by atoms with Gasteiger partial charge < -0.3 is 21.1 Å². The van der Waals surface area contributed by atoms with E-state index in [1.54, 1.807) is 0 Å². The first kappa shape index (κ1) is 32.4. The highest BCUT2D eigenvalue weighted by molar-refractivity contribution is 5.89. The maximum Gasteiger partial charge on any atom is 0.323 e. The molecule has 0 fully saturated rings. The number of nitrogens with zero attached hydrogens (tertiary/aromatic N) is 1. The minimum absolute atomic E-state index is 0.135. The van der Waals surface area contributed by atoms with Crippen LogP contribution in [0.4, 0.5) is 0 Å². The first-order valence-electron chi connectivity index (χ1n) is 13.9. The van der Waals surface area contributed by atoms with Crippen LogP contribution in [-0.4, -0.2) is 54.0 Å². The number of nitrogens with one attached hydrogen (secondary N) is 1. The largest absolute Gasteiger partial charge is 0.480 e. The van der Waals surface area contributed by atoms with Crippen LogP contribution in [0.2, 0.25) is 0 Å². The standard InChI is InChI=1S/C27H53N3O4/c1-3-4-5-6-7-8-9-10-11-12-13-14-15-16-17-21-25(31)29-24(20-18-19-22-28)27(34)30(2)23-26(32)33/h24H,3-23,28H2,1-2H3,(H,29,31)(H,32,33)/t24-/m1/s1. The Hall–Kier alpha value is -1.63. The number of hydrogen-bond acceptors (Lipinski definition) is 4. The maximum absolute atomic E-state index is 12.5. The molecular formula is C27H53N3O4. The molecule has 0 aliphatic rings. The molecule has 0 saturated carbocycles. The minimum atomic E-state index is -1.07. The molecule has 0 rings (SSSR count). The van der Waals surface area contributed by atoms with Crippen molar-refractivity contribution in [3.8, 4) is 0 Å². The van der Waals surface area contributed by atoms with Crippen molar-refractivity contribution in [2.45, 2.75) is 135 Å². The van der Waals surface area contributed by atoms with Gasteiger partial charge in [-0.25, -0.2) is 0 Å². The van der Waals surface area contributed by atoms with Crippen LogP contribution in [0.5, 0.6) is 0 Å². The number of rotatable bonds is 24. The van der Waals surface area contributed by atoms with Gasteiger partial charge in [0.15, 0.2) is 0 Å². The highest BCUT2D eigenvalue weighted by Gasteiger charge is 2.24. The first-order chi connectivity index (χ1) is 16.4. The Bertz CT molecular complexity index is 528. The van der Waals surface area contributed by atoms with E-state index in [-0.39, 0.29) is 18.4 Å². The number of carboxylic acids is 1. The summed E-state index contributed by atoms with van der Waals surface area (Å²) in [7, 11) is 1.45. The zero-order valence-corrected chi connectivity index (χ0v) is 22.1. The Balaban J connectivity index is 3.86. The number of likely N-dealkylation sites (N-methyl/N-ethyl adjacent to an activating group) is 1. The van der Waals surface area contributed by atoms with Gasteiger partial charge in [0.25, 0.3) is 0 Å². The predicted octanol–water partition coefficient (Wildman–Crippen LogP) is 5.40. The summed E-state index contributed by atoms with van der Waals surface area (Å²) in [5.74, 6) is -1.56. The second-order valence-electron chi connectivity index (χ2n) is 9.69. The second kappa shape index (κ2) is 23.1. The molecule has 0 bridgehead atoms. The van der Waals surface area contributed by atoms with E-state index in [9.17, 15) is 14.4 Å². The highest BCUT2D eigenvalue weighted by atomic mass is 16.4. The number of carboxylic acid groups (broad SMARTS) is 1. The quantitative estimate of drug-likeness (QED) is 0.159. The summed E-state index contributed by atoms with van der Waals surface area (Å²) in [6.07, 6.45) is 21.5. The summed E-state index contributed by atoms with van der Waals surface area (Å²) in [4.78, 5) is 36.9. The van der Waals surface area contributed by atoms with E-state index in [4.69, 9.17) is 10.8 Å². The van der Waals surface area contributed by atoms with Gasteiger partial charge in [0, 0.05) is 13.5 Å². The molecule has 2 amide bonds. The summed E-state index contributed by atoms with van der Waals surface area (Å²) in [5, 5.41) is 11.7. The van der Waals surface area contributed by atoms with Crippen LogP contribution < -0.4 is 11.1 Å². The molecule has 0 aromatic rings. The van der Waals surface area contributed by atoms with Crippen molar-refractivity contribution in [1.29, 1.82) is 0 Å². The van der Waals surface area contributed by atoms with Gasteiger partial charge in [-0.05, 0) is 32.2 Å². The molecule has 0 saturated heterocycles. The predicted molar refractivity (Wildman–Crippen MR) is 140 cm³/mol. The normalized spacial score (nSPS) is 11.9. The lowest BCUT2D eigenvalue weighted by atomic mass is 10.0. The van der Waals surface area contributed by atoms with E-state index in [2.05, 4.69) is 12.2 Å². The van der Waals surface area contributed by atoms with E-state index in [0.29, 0.717) is 25.8 Å². The topological polar surface area (TPSA) is 113 Å². The van der Waals surface area contributed by atoms with Crippen molar-refractivity contribution in [2.24, 2.45) is 5.73 Å². The molecule has 0 radical (unpaired) electrons. The fourth-order valence-electron chi connectivity index (χ4n) is 4.22. The average Bonchev–Trinajstić information content (AvgIpc) is 2.80. The third kappa shape index (κ3) is 19.8. The number of amides is 2. The fraction of sp³-hybridized carbons (Fsp3) is 0.889. The molecule has 0 aromatic heterocycles.